The van der Waals surface area contributed by atoms with Crippen LogP contribution in [0, 0.1) is 28.7 Å². The summed E-state index contributed by atoms with van der Waals surface area (Å²) < 4.78 is 12.4. The number of methoxy groups -OCH3 is 1. The molecule has 0 spiro atoms. The van der Waals surface area contributed by atoms with Crippen molar-refractivity contribution in [2.75, 3.05) is 12.4 Å². The van der Waals surface area contributed by atoms with E-state index in [1.807, 2.05) is 36.4 Å². The Morgan fingerprint density at radius 3 is 2.50 bits per heavy atom. The summed E-state index contributed by atoms with van der Waals surface area (Å²) in [5, 5.41) is 12.2. The molecule has 0 aromatic heterocycles. The number of aryl methyl sites for hydroxylation is 2. The summed E-state index contributed by atoms with van der Waals surface area (Å²) in [4.78, 5) is 12.5. The maximum atomic E-state index is 12.5. The third-order valence-corrected chi connectivity index (χ3v) is 5.72. The zero-order valence-corrected chi connectivity index (χ0v) is 20.3. The number of nitriles is 1. The summed E-state index contributed by atoms with van der Waals surface area (Å²) in [6.07, 6.45) is 1.54. The van der Waals surface area contributed by atoms with E-state index in [0.717, 1.165) is 9.13 Å². The van der Waals surface area contributed by atoms with Crippen molar-refractivity contribution in [2.45, 2.75) is 20.5 Å². The number of rotatable bonds is 7. The quantitative estimate of drug-likeness (QED) is 0.226. The summed E-state index contributed by atoms with van der Waals surface area (Å²) in [6, 6.07) is 20.8. The summed E-state index contributed by atoms with van der Waals surface area (Å²) in [5.41, 5.74) is 4.81. The number of hydrogen-bond acceptors (Lipinski definition) is 4. The van der Waals surface area contributed by atoms with Crippen molar-refractivity contribution in [1.82, 2.24) is 0 Å². The first kappa shape index (κ1) is 23.4. The molecule has 1 amide bonds. The summed E-state index contributed by atoms with van der Waals surface area (Å²) in [6.45, 7) is 4.56. The number of nitrogens with zero attached hydrogens (tertiary/aromatic N) is 1. The molecule has 162 valence electrons. The van der Waals surface area contributed by atoms with Crippen LogP contribution in [0.5, 0.6) is 11.5 Å². The minimum Gasteiger partial charge on any atom is -0.493 e. The number of nitrogens with one attached hydrogen (secondary N) is 1. The third-order valence-electron chi connectivity index (χ3n) is 4.91. The van der Waals surface area contributed by atoms with Crippen molar-refractivity contribution in [1.29, 1.82) is 5.26 Å². The predicted molar refractivity (Wildman–Crippen MR) is 135 cm³/mol. The van der Waals surface area contributed by atoms with Crippen molar-refractivity contribution in [3.63, 3.8) is 0 Å². The standard InChI is InChI=1S/C26H23IN2O3/c1-17-9-10-19(11-18(17)2)16-32-25-23(27)13-20(14-24(25)31-3)12-21(15-28)26(30)29-22-7-5-4-6-8-22/h4-14H,16H2,1-3H3,(H,29,30)/b21-12+. The maximum absolute atomic E-state index is 12.5. The van der Waals surface area contributed by atoms with Crippen LogP contribution in [0.2, 0.25) is 0 Å². The van der Waals surface area contributed by atoms with E-state index in [-0.39, 0.29) is 5.57 Å². The first-order chi connectivity index (χ1) is 15.4. The van der Waals surface area contributed by atoms with Crippen LogP contribution in [0.1, 0.15) is 22.3 Å². The molecule has 0 heterocycles. The number of carbonyl (C=O) groups is 1. The number of ether oxygens (including phenoxy) is 2. The summed E-state index contributed by atoms with van der Waals surface area (Å²) in [5.74, 6) is 0.686. The number of hydrogen-bond donors (Lipinski definition) is 1. The van der Waals surface area contributed by atoms with Crippen molar-refractivity contribution < 1.29 is 14.3 Å². The molecule has 0 saturated carbocycles. The number of amides is 1. The number of benzene rings is 3. The second-order valence-electron chi connectivity index (χ2n) is 7.23. The van der Waals surface area contributed by atoms with Crippen LogP contribution in [0.25, 0.3) is 6.08 Å². The molecule has 0 radical (unpaired) electrons. The second-order valence-corrected chi connectivity index (χ2v) is 8.39. The predicted octanol–water partition coefficient (Wildman–Crippen LogP) is 6.04. The van der Waals surface area contributed by atoms with Gasteiger partial charge in [0.1, 0.15) is 18.2 Å². The lowest BCUT2D eigenvalue weighted by molar-refractivity contribution is -0.112. The largest absolute Gasteiger partial charge is 0.493 e. The highest BCUT2D eigenvalue weighted by Crippen LogP contribution is 2.35. The Morgan fingerprint density at radius 1 is 1.09 bits per heavy atom. The molecule has 3 aromatic carbocycles. The minimum atomic E-state index is -0.470. The van der Waals surface area contributed by atoms with E-state index >= 15 is 0 Å². The molecule has 1 N–H and O–H groups in total. The lowest BCUT2D eigenvalue weighted by Gasteiger charge is -2.14. The molecular weight excluding hydrogens is 515 g/mol. The molecule has 32 heavy (non-hydrogen) atoms. The Kier molecular flexibility index (Phi) is 7.90. The Morgan fingerprint density at radius 2 is 1.84 bits per heavy atom. The van der Waals surface area contributed by atoms with Gasteiger partial charge < -0.3 is 14.8 Å². The van der Waals surface area contributed by atoms with Crippen LogP contribution in [0.4, 0.5) is 5.69 Å². The first-order valence-corrected chi connectivity index (χ1v) is 11.0. The normalized spacial score (nSPS) is 10.9. The molecule has 0 bridgehead atoms. The van der Waals surface area contributed by atoms with Gasteiger partial charge in [-0.15, -0.1) is 0 Å². The van der Waals surface area contributed by atoms with E-state index in [4.69, 9.17) is 9.47 Å². The highest BCUT2D eigenvalue weighted by Gasteiger charge is 2.14. The van der Waals surface area contributed by atoms with Crippen LogP contribution in [-0.4, -0.2) is 13.0 Å². The molecular formula is C26H23IN2O3. The van der Waals surface area contributed by atoms with Crippen molar-refractivity contribution in [3.8, 4) is 17.6 Å². The fourth-order valence-electron chi connectivity index (χ4n) is 3.05. The Labute approximate surface area is 201 Å². The van der Waals surface area contributed by atoms with Crippen molar-refractivity contribution >= 4 is 40.3 Å². The van der Waals surface area contributed by atoms with Gasteiger partial charge in [-0.25, -0.2) is 0 Å². The summed E-state index contributed by atoms with van der Waals surface area (Å²) in [7, 11) is 1.56. The Balaban J connectivity index is 1.81. The van der Waals surface area contributed by atoms with Gasteiger partial charge in [-0.1, -0.05) is 36.4 Å². The van der Waals surface area contributed by atoms with Crippen LogP contribution in [0.15, 0.2) is 66.2 Å². The van der Waals surface area contributed by atoms with Gasteiger partial charge in [-0.05, 0) is 89.0 Å². The van der Waals surface area contributed by atoms with Crippen LogP contribution in [0.3, 0.4) is 0 Å². The van der Waals surface area contributed by atoms with Crippen LogP contribution in [-0.2, 0) is 11.4 Å². The highest BCUT2D eigenvalue weighted by molar-refractivity contribution is 14.1. The second kappa shape index (κ2) is 10.8. The van der Waals surface area contributed by atoms with E-state index in [9.17, 15) is 10.1 Å². The minimum absolute atomic E-state index is 0.00416. The van der Waals surface area contributed by atoms with E-state index in [0.29, 0.717) is 29.4 Å². The van der Waals surface area contributed by atoms with Crippen LogP contribution < -0.4 is 14.8 Å². The molecule has 5 nitrogen and oxygen atoms in total. The van der Waals surface area contributed by atoms with Gasteiger partial charge in [-0.2, -0.15) is 5.26 Å². The Bertz CT molecular complexity index is 1200. The number of para-hydroxylation sites is 1. The average molecular weight is 538 g/mol. The van der Waals surface area contributed by atoms with Gasteiger partial charge in [0.2, 0.25) is 0 Å². The average Bonchev–Trinajstić information content (AvgIpc) is 2.79. The SMILES string of the molecule is COc1cc(/C=C(\C#N)C(=O)Nc2ccccc2)cc(I)c1OCc1ccc(C)c(C)c1. The van der Waals surface area contributed by atoms with Crippen LogP contribution >= 0.6 is 22.6 Å². The number of anilines is 1. The van der Waals surface area contributed by atoms with E-state index in [2.05, 4.69) is 53.9 Å². The smallest absolute Gasteiger partial charge is 0.266 e. The van der Waals surface area contributed by atoms with Gasteiger partial charge in [0.15, 0.2) is 11.5 Å². The maximum Gasteiger partial charge on any atom is 0.266 e. The van der Waals surface area contributed by atoms with Gasteiger partial charge in [0, 0.05) is 5.69 Å². The fourth-order valence-corrected chi connectivity index (χ4v) is 3.83. The number of halogens is 1. The van der Waals surface area contributed by atoms with Gasteiger partial charge >= 0.3 is 0 Å². The molecule has 6 heteroatoms. The third kappa shape index (κ3) is 5.89. The Hall–Kier alpha value is -3.31. The van der Waals surface area contributed by atoms with E-state index in [1.165, 1.54) is 17.2 Å². The topological polar surface area (TPSA) is 71.3 Å². The van der Waals surface area contributed by atoms with Crippen molar-refractivity contribution in [3.05, 3.63) is 92.1 Å². The van der Waals surface area contributed by atoms with Gasteiger partial charge in [0.05, 0.1) is 10.7 Å². The zero-order chi connectivity index (χ0) is 23.1. The van der Waals surface area contributed by atoms with Crippen molar-refractivity contribution in [2.24, 2.45) is 0 Å². The molecule has 0 aliphatic carbocycles. The molecule has 0 saturated heterocycles. The molecule has 3 aromatic rings. The lowest BCUT2D eigenvalue weighted by Crippen LogP contribution is -2.13. The molecule has 0 atom stereocenters. The fraction of sp³-hybridized carbons (Fsp3) is 0.154. The van der Waals surface area contributed by atoms with E-state index < -0.39 is 5.91 Å². The molecule has 0 unspecified atom stereocenters. The molecule has 0 aliphatic heterocycles. The zero-order valence-electron chi connectivity index (χ0n) is 18.1. The van der Waals surface area contributed by atoms with E-state index in [1.54, 1.807) is 25.3 Å². The highest BCUT2D eigenvalue weighted by atomic mass is 127. The number of carbonyl (C=O) groups excluding carboxylic acids is 1. The lowest BCUT2D eigenvalue weighted by atomic mass is 10.1. The molecule has 0 fully saturated rings. The summed E-state index contributed by atoms with van der Waals surface area (Å²) >= 11 is 2.17. The first-order valence-electron chi connectivity index (χ1n) is 9.96. The molecule has 0 aliphatic rings. The monoisotopic (exact) mass is 538 g/mol. The van der Waals surface area contributed by atoms with Gasteiger partial charge in [-0.3, -0.25) is 4.79 Å². The molecule has 3 rings (SSSR count). The van der Waals surface area contributed by atoms with Gasteiger partial charge in [0.25, 0.3) is 5.91 Å².